The lowest BCUT2D eigenvalue weighted by Crippen LogP contribution is -2.07. The summed E-state index contributed by atoms with van der Waals surface area (Å²) in [6.07, 6.45) is 0. The number of nitrogen functional groups attached to an aromatic ring is 1. The third kappa shape index (κ3) is 2.21. The van der Waals surface area contributed by atoms with E-state index in [0.29, 0.717) is 17.2 Å². The first-order chi connectivity index (χ1) is 8.15. The Morgan fingerprint density at radius 2 is 2.29 bits per heavy atom. The molecule has 0 fully saturated rings. The second-order valence-electron chi connectivity index (χ2n) is 3.47. The van der Waals surface area contributed by atoms with E-state index in [-0.39, 0.29) is 5.97 Å². The molecule has 0 radical (unpaired) electrons. The van der Waals surface area contributed by atoms with Crippen molar-refractivity contribution in [3.05, 3.63) is 28.0 Å². The van der Waals surface area contributed by atoms with Crippen molar-refractivity contribution in [3.63, 3.8) is 0 Å². The summed E-state index contributed by atoms with van der Waals surface area (Å²) in [5.74, 6) is -0.335. The van der Waals surface area contributed by atoms with Crippen LogP contribution in [0, 0.1) is 6.92 Å². The SMILES string of the molecule is CCOC(=O)c1c(N)sc(C)c1-c1cccs1. The van der Waals surface area contributed by atoms with Crippen LogP contribution in [0.5, 0.6) is 0 Å². The summed E-state index contributed by atoms with van der Waals surface area (Å²) in [7, 11) is 0. The van der Waals surface area contributed by atoms with Gasteiger partial charge in [-0.25, -0.2) is 4.79 Å². The Labute approximate surface area is 108 Å². The predicted octanol–water partition coefficient (Wildman–Crippen LogP) is 3.54. The molecule has 2 rings (SSSR count). The van der Waals surface area contributed by atoms with Crippen LogP contribution in [-0.4, -0.2) is 12.6 Å². The molecule has 0 aliphatic heterocycles. The fraction of sp³-hybridized carbons (Fsp3) is 0.250. The van der Waals surface area contributed by atoms with Crippen molar-refractivity contribution < 1.29 is 9.53 Å². The highest BCUT2D eigenvalue weighted by molar-refractivity contribution is 7.18. The van der Waals surface area contributed by atoms with Gasteiger partial charge in [0.15, 0.2) is 0 Å². The van der Waals surface area contributed by atoms with Crippen molar-refractivity contribution in [2.24, 2.45) is 0 Å². The molecule has 0 unspecified atom stereocenters. The molecule has 2 heterocycles. The quantitative estimate of drug-likeness (QED) is 0.865. The third-order valence-corrected chi connectivity index (χ3v) is 4.18. The predicted molar refractivity (Wildman–Crippen MR) is 72.7 cm³/mol. The molecule has 5 heteroatoms. The van der Waals surface area contributed by atoms with Gasteiger partial charge in [-0.05, 0) is 25.3 Å². The third-order valence-electron chi connectivity index (χ3n) is 2.36. The van der Waals surface area contributed by atoms with Crippen molar-refractivity contribution in [1.29, 1.82) is 0 Å². The summed E-state index contributed by atoms with van der Waals surface area (Å²) in [6, 6.07) is 3.95. The maximum Gasteiger partial charge on any atom is 0.341 e. The number of carbonyl (C=O) groups excluding carboxylic acids is 1. The van der Waals surface area contributed by atoms with Crippen molar-refractivity contribution >= 4 is 33.6 Å². The average molecular weight is 267 g/mol. The number of esters is 1. The van der Waals surface area contributed by atoms with Crippen molar-refractivity contribution in [1.82, 2.24) is 0 Å². The van der Waals surface area contributed by atoms with Crippen LogP contribution in [0.1, 0.15) is 22.2 Å². The molecule has 0 bridgehead atoms. The van der Waals surface area contributed by atoms with Gasteiger partial charge in [-0.15, -0.1) is 22.7 Å². The first-order valence-corrected chi connectivity index (χ1v) is 6.94. The molecule has 17 heavy (non-hydrogen) atoms. The standard InChI is InChI=1S/C12H13NO2S2/c1-3-15-12(14)10-9(7(2)17-11(10)13)8-5-4-6-16-8/h4-6H,3,13H2,1-2H3. The number of aryl methyl sites for hydroxylation is 1. The molecule has 0 saturated heterocycles. The van der Waals surface area contributed by atoms with Gasteiger partial charge in [0.2, 0.25) is 0 Å². The average Bonchev–Trinajstić information content (AvgIpc) is 2.85. The summed E-state index contributed by atoms with van der Waals surface area (Å²) in [4.78, 5) is 14.0. The maximum absolute atomic E-state index is 11.9. The van der Waals surface area contributed by atoms with Gasteiger partial charge in [0.25, 0.3) is 0 Å². The number of hydrogen-bond donors (Lipinski definition) is 1. The lowest BCUT2D eigenvalue weighted by Gasteiger charge is -2.04. The largest absolute Gasteiger partial charge is 0.462 e. The molecular formula is C12H13NO2S2. The number of nitrogens with two attached hydrogens (primary N) is 1. The van der Waals surface area contributed by atoms with Crippen LogP contribution in [-0.2, 0) is 4.74 Å². The number of rotatable bonds is 3. The van der Waals surface area contributed by atoms with Gasteiger partial charge >= 0.3 is 5.97 Å². The van der Waals surface area contributed by atoms with E-state index in [1.807, 2.05) is 24.4 Å². The summed E-state index contributed by atoms with van der Waals surface area (Å²) < 4.78 is 5.05. The summed E-state index contributed by atoms with van der Waals surface area (Å²) >= 11 is 3.03. The fourth-order valence-electron chi connectivity index (χ4n) is 1.69. The highest BCUT2D eigenvalue weighted by Gasteiger charge is 2.23. The molecule has 0 aliphatic carbocycles. The van der Waals surface area contributed by atoms with E-state index in [9.17, 15) is 4.79 Å². The molecule has 0 spiro atoms. The number of ether oxygens (including phenoxy) is 1. The van der Waals surface area contributed by atoms with Gasteiger partial charge in [-0.1, -0.05) is 6.07 Å². The maximum atomic E-state index is 11.9. The Morgan fingerprint density at radius 3 is 2.88 bits per heavy atom. The van der Waals surface area contributed by atoms with E-state index in [2.05, 4.69) is 0 Å². The monoisotopic (exact) mass is 267 g/mol. The van der Waals surface area contributed by atoms with E-state index >= 15 is 0 Å². The number of thiophene rings is 2. The van der Waals surface area contributed by atoms with Gasteiger partial charge in [0.1, 0.15) is 10.6 Å². The van der Waals surface area contributed by atoms with Crippen molar-refractivity contribution in [2.75, 3.05) is 12.3 Å². The van der Waals surface area contributed by atoms with E-state index in [1.165, 1.54) is 11.3 Å². The van der Waals surface area contributed by atoms with E-state index in [1.54, 1.807) is 18.3 Å². The topological polar surface area (TPSA) is 52.3 Å². The molecular weight excluding hydrogens is 254 g/mol. The molecule has 2 aromatic heterocycles. The van der Waals surface area contributed by atoms with Crippen molar-refractivity contribution in [3.8, 4) is 10.4 Å². The molecule has 3 nitrogen and oxygen atoms in total. The molecule has 0 saturated carbocycles. The first-order valence-electron chi connectivity index (χ1n) is 5.25. The van der Waals surface area contributed by atoms with Gasteiger partial charge in [-0.2, -0.15) is 0 Å². The molecule has 0 aromatic carbocycles. The second-order valence-corrected chi connectivity index (χ2v) is 5.67. The summed E-state index contributed by atoms with van der Waals surface area (Å²) in [6.45, 7) is 4.12. The molecule has 2 aromatic rings. The van der Waals surface area contributed by atoms with Crippen LogP contribution in [0.3, 0.4) is 0 Å². The zero-order chi connectivity index (χ0) is 12.4. The van der Waals surface area contributed by atoms with Gasteiger partial charge in [0.05, 0.1) is 6.61 Å². The Morgan fingerprint density at radius 1 is 1.53 bits per heavy atom. The Hall–Kier alpha value is -1.33. The minimum atomic E-state index is -0.335. The van der Waals surface area contributed by atoms with Gasteiger partial charge in [-0.3, -0.25) is 0 Å². The van der Waals surface area contributed by atoms with Crippen LogP contribution in [0.25, 0.3) is 10.4 Å². The fourth-order valence-corrected chi connectivity index (χ4v) is 3.52. The number of anilines is 1. The van der Waals surface area contributed by atoms with Crippen LogP contribution >= 0.6 is 22.7 Å². The van der Waals surface area contributed by atoms with Gasteiger partial charge < -0.3 is 10.5 Å². The Balaban J connectivity index is 2.55. The number of hydrogen-bond acceptors (Lipinski definition) is 5. The normalized spacial score (nSPS) is 10.5. The minimum absolute atomic E-state index is 0.335. The zero-order valence-corrected chi connectivity index (χ0v) is 11.3. The molecule has 2 N–H and O–H groups in total. The Kier molecular flexibility index (Phi) is 3.49. The minimum Gasteiger partial charge on any atom is -0.462 e. The van der Waals surface area contributed by atoms with Crippen LogP contribution in [0.15, 0.2) is 17.5 Å². The summed E-state index contributed by atoms with van der Waals surface area (Å²) in [5, 5.41) is 2.52. The van der Waals surface area contributed by atoms with E-state index < -0.39 is 0 Å². The smallest absolute Gasteiger partial charge is 0.341 e. The van der Waals surface area contributed by atoms with Gasteiger partial charge in [0, 0.05) is 15.3 Å². The molecule has 0 aliphatic rings. The molecule has 0 amide bonds. The second kappa shape index (κ2) is 4.89. The van der Waals surface area contributed by atoms with Crippen LogP contribution in [0.4, 0.5) is 5.00 Å². The lowest BCUT2D eigenvalue weighted by molar-refractivity contribution is 0.0529. The molecule has 0 atom stereocenters. The first kappa shape index (κ1) is 12.1. The molecule has 90 valence electrons. The van der Waals surface area contributed by atoms with E-state index in [4.69, 9.17) is 10.5 Å². The zero-order valence-electron chi connectivity index (χ0n) is 9.65. The summed E-state index contributed by atoms with van der Waals surface area (Å²) in [5.41, 5.74) is 7.33. The Bertz CT molecular complexity index is 529. The highest BCUT2D eigenvalue weighted by atomic mass is 32.1. The number of carbonyl (C=O) groups is 1. The van der Waals surface area contributed by atoms with Crippen LogP contribution in [0.2, 0.25) is 0 Å². The van der Waals surface area contributed by atoms with Crippen molar-refractivity contribution in [2.45, 2.75) is 13.8 Å². The lowest BCUT2D eigenvalue weighted by atomic mass is 10.1. The highest BCUT2D eigenvalue weighted by Crippen LogP contribution is 2.40. The van der Waals surface area contributed by atoms with Crippen LogP contribution < -0.4 is 5.73 Å². The van der Waals surface area contributed by atoms with E-state index in [0.717, 1.165) is 15.3 Å².